The van der Waals surface area contributed by atoms with Gasteiger partial charge in [0.15, 0.2) is 0 Å². The molecule has 2 atom stereocenters. The van der Waals surface area contributed by atoms with Gasteiger partial charge in [0.05, 0.1) is 17.8 Å². The summed E-state index contributed by atoms with van der Waals surface area (Å²) in [5, 5.41) is 2.12. The molecule has 170 valence electrons. The molecule has 0 spiro atoms. The van der Waals surface area contributed by atoms with Crippen molar-refractivity contribution in [2.45, 2.75) is 51.1 Å². The van der Waals surface area contributed by atoms with Crippen molar-refractivity contribution >= 4 is 23.2 Å². The van der Waals surface area contributed by atoms with Gasteiger partial charge in [0, 0.05) is 37.0 Å². The maximum Gasteiger partial charge on any atom is 0.223 e. The summed E-state index contributed by atoms with van der Waals surface area (Å²) in [6.45, 7) is 3.51. The number of hydrogen-bond acceptors (Lipinski definition) is 4. The Bertz CT molecular complexity index is 1130. The van der Waals surface area contributed by atoms with E-state index in [9.17, 15) is 9.59 Å². The number of nitrogens with zero attached hydrogens (tertiary/aromatic N) is 3. The lowest BCUT2D eigenvalue weighted by Crippen LogP contribution is -2.40. The van der Waals surface area contributed by atoms with Crippen LogP contribution < -0.4 is 0 Å². The van der Waals surface area contributed by atoms with Crippen molar-refractivity contribution in [1.82, 2.24) is 14.8 Å². The second kappa shape index (κ2) is 9.48. The lowest BCUT2D eigenvalue weighted by atomic mass is 9.92. The Morgan fingerprint density at radius 1 is 1.00 bits per heavy atom. The summed E-state index contributed by atoms with van der Waals surface area (Å²) in [5.74, 6) is 0.107. The topological polar surface area (TPSA) is 53.5 Å². The molecule has 2 aliphatic heterocycles. The van der Waals surface area contributed by atoms with Crippen molar-refractivity contribution in [2.24, 2.45) is 0 Å². The molecule has 5 nitrogen and oxygen atoms in total. The van der Waals surface area contributed by atoms with Gasteiger partial charge >= 0.3 is 0 Å². The van der Waals surface area contributed by atoms with Crippen LogP contribution in [0.25, 0.3) is 0 Å². The minimum Gasteiger partial charge on any atom is -0.334 e. The molecule has 2 aromatic heterocycles. The number of amides is 2. The predicted molar refractivity (Wildman–Crippen MR) is 130 cm³/mol. The summed E-state index contributed by atoms with van der Waals surface area (Å²) in [6, 6.07) is 16.4. The molecule has 2 amide bonds. The number of rotatable bonds is 5. The van der Waals surface area contributed by atoms with E-state index in [0.717, 1.165) is 37.1 Å². The van der Waals surface area contributed by atoms with Crippen LogP contribution in [0.3, 0.4) is 0 Å². The standard InChI is InChI=1S/C27H29N3O2S/c1-19-7-9-20(10-8-19)27-21-14-18-33-24(21)13-17-30(27)26(32)12-11-25(31)29-16-4-6-23(29)22-5-2-3-15-28-22/h2-3,5,7-10,14-15,18,23,27H,4,6,11-13,16-17H2,1H3. The average Bonchev–Trinajstić information content (AvgIpc) is 3.53. The van der Waals surface area contributed by atoms with Gasteiger partial charge in [-0.1, -0.05) is 35.9 Å². The summed E-state index contributed by atoms with van der Waals surface area (Å²) < 4.78 is 0. The van der Waals surface area contributed by atoms with E-state index in [1.165, 1.54) is 16.0 Å². The normalized spacial score (nSPS) is 20.0. The first kappa shape index (κ1) is 21.8. The minimum atomic E-state index is -0.0729. The zero-order chi connectivity index (χ0) is 22.8. The summed E-state index contributed by atoms with van der Waals surface area (Å²) in [7, 11) is 0. The van der Waals surface area contributed by atoms with E-state index in [-0.39, 0.29) is 36.7 Å². The van der Waals surface area contributed by atoms with Gasteiger partial charge in [-0.2, -0.15) is 0 Å². The highest BCUT2D eigenvalue weighted by Crippen LogP contribution is 2.38. The third kappa shape index (κ3) is 4.44. The van der Waals surface area contributed by atoms with Crippen LogP contribution in [0.5, 0.6) is 0 Å². The molecule has 0 aliphatic carbocycles. The lowest BCUT2D eigenvalue weighted by Gasteiger charge is -2.36. The Hall–Kier alpha value is -2.99. The molecule has 4 heterocycles. The number of benzene rings is 1. The van der Waals surface area contributed by atoms with E-state index < -0.39 is 0 Å². The largest absolute Gasteiger partial charge is 0.334 e. The highest BCUT2D eigenvalue weighted by molar-refractivity contribution is 7.10. The molecule has 5 rings (SSSR count). The Morgan fingerprint density at radius 2 is 1.79 bits per heavy atom. The van der Waals surface area contributed by atoms with Gasteiger partial charge in [-0.3, -0.25) is 14.6 Å². The first-order valence-corrected chi connectivity index (χ1v) is 12.6. The van der Waals surface area contributed by atoms with Gasteiger partial charge in [0.25, 0.3) is 0 Å². The van der Waals surface area contributed by atoms with Crippen LogP contribution in [0.2, 0.25) is 0 Å². The van der Waals surface area contributed by atoms with Crippen molar-refractivity contribution in [1.29, 1.82) is 0 Å². The molecule has 0 radical (unpaired) electrons. The van der Waals surface area contributed by atoms with Gasteiger partial charge in [0.1, 0.15) is 0 Å². The summed E-state index contributed by atoms with van der Waals surface area (Å²) in [6.07, 6.45) is 5.05. The third-order valence-electron chi connectivity index (χ3n) is 6.83. The first-order chi connectivity index (χ1) is 16.1. The summed E-state index contributed by atoms with van der Waals surface area (Å²) in [5.41, 5.74) is 4.51. The number of carbonyl (C=O) groups excluding carboxylic acids is 2. The van der Waals surface area contributed by atoms with E-state index in [4.69, 9.17) is 0 Å². The fourth-order valence-corrected chi connectivity index (χ4v) is 6.04. The number of carbonyl (C=O) groups is 2. The van der Waals surface area contributed by atoms with Gasteiger partial charge < -0.3 is 9.80 Å². The zero-order valence-electron chi connectivity index (χ0n) is 18.9. The van der Waals surface area contributed by atoms with Crippen molar-refractivity contribution < 1.29 is 9.59 Å². The Balaban J connectivity index is 1.29. The van der Waals surface area contributed by atoms with Crippen molar-refractivity contribution in [3.05, 3.63) is 87.4 Å². The number of likely N-dealkylation sites (tertiary alicyclic amines) is 1. The summed E-state index contributed by atoms with van der Waals surface area (Å²) in [4.78, 5) is 36.2. The second-order valence-corrected chi connectivity index (χ2v) is 9.95. The van der Waals surface area contributed by atoms with Crippen LogP contribution in [0, 0.1) is 6.92 Å². The molecular formula is C27H29N3O2S. The van der Waals surface area contributed by atoms with E-state index in [2.05, 4.69) is 47.6 Å². The van der Waals surface area contributed by atoms with E-state index in [0.29, 0.717) is 6.54 Å². The van der Waals surface area contributed by atoms with Crippen molar-refractivity contribution in [3.63, 3.8) is 0 Å². The van der Waals surface area contributed by atoms with E-state index in [1.807, 2.05) is 28.0 Å². The molecule has 2 aliphatic rings. The van der Waals surface area contributed by atoms with E-state index >= 15 is 0 Å². The van der Waals surface area contributed by atoms with Gasteiger partial charge in [-0.05, 0) is 60.9 Å². The van der Waals surface area contributed by atoms with Crippen molar-refractivity contribution in [2.75, 3.05) is 13.1 Å². The van der Waals surface area contributed by atoms with Gasteiger partial charge in [0.2, 0.25) is 11.8 Å². The molecule has 33 heavy (non-hydrogen) atoms. The molecule has 1 saturated heterocycles. The van der Waals surface area contributed by atoms with Crippen LogP contribution in [-0.2, 0) is 16.0 Å². The second-order valence-electron chi connectivity index (χ2n) is 8.95. The van der Waals surface area contributed by atoms with Gasteiger partial charge in [-0.15, -0.1) is 11.3 Å². The fourth-order valence-electron chi connectivity index (χ4n) is 5.14. The van der Waals surface area contributed by atoms with Crippen molar-refractivity contribution in [3.8, 4) is 0 Å². The van der Waals surface area contributed by atoms with Crippen LogP contribution in [0.15, 0.2) is 60.1 Å². The average molecular weight is 460 g/mol. The maximum absolute atomic E-state index is 13.4. The molecule has 0 N–H and O–H groups in total. The molecule has 2 unspecified atom stereocenters. The molecule has 3 aromatic rings. The number of thiophene rings is 1. The smallest absolute Gasteiger partial charge is 0.223 e. The number of pyridine rings is 1. The van der Waals surface area contributed by atoms with Crippen LogP contribution in [0.4, 0.5) is 0 Å². The van der Waals surface area contributed by atoms with E-state index in [1.54, 1.807) is 17.5 Å². The number of fused-ring (bicyclic) bond motifs is 1. The highest BCUT2D eigenvalue weighted by Gasteiger charge is 2.34. The first-order valence-electron chi connectivity index (χ1n) is 11.7. The Labute approximate surface area is 199 Å². The zero-order valence-corrected chi connectivity index (χ0v) is 19.8. The van der Waals surface area contributed by atoms with Crippen LogP contribution in [-0.4, -0.2) is 39.7 Å². The SMILES string of the molecule is Cc1ccc(C2c3ccsc3CCN2C(=O)CCC(=O)N2CCCC2c2ccccn2)cc1. The monoisotopic (exact) mass is 459 g/mol. The van der Waals surface area contributed by atoms with Gasteiger partial charge in [-0.25, -0.2) is 0 Å². The molecule has 1 fully saturated rings. The predicted octanol–water partition coefficient (Wildman–Crippen LogP) is 5.07. The molecule has 0 bridgehead atoms. The Morgan fingerprint density at radius 3 is 2.55 bits per heavy atom. The molecule has 0 saturated carbocycles. The number of hydrogen-bond donors (Lipinski definition) is 0. The van der Waals surface area contributed by atoms with Crippen LogP contribution >= 0.6 is 11.3 Å². The Kier molecular flexibility index (Phi) is 6.27. The maximum atomic E-state index is 13.4. The van der Waals surface area contributed by atoms with Crippen LogP contribution in [0.1, 0.15) is 65.0 Å². The lowest BCUT2D eigenvalue weighted by molar-refractivity contribution is -0.138. The third-order valence-corrected chi connectivity index (χ3v) is 7.83. The highest BCUT2D eigenvalue weighted by atomic mass is 32.1. The molecule has 1 aromatic carbocycles. The quantitative estimate of drug-likeness (QED) is 0.535. The minimum absolute atomic E-state index is 0.0254. The summed E-state index contributed by atoms with van der Waals surface area (Å²) >= 11 is 1.77. The molecule has 6 heteroatoms. The number of aryl methyl sites for hydroxylation is 1. The number of aromatic nitrogens is 1. The molecular weight excluding hydrogens is 430 g/mol. The fraction of sp³-hybridized carbons (Fsp3) is 0.370.